The zero-order valence-corrected chi connectivity index (χ0v) is 20.7. The molecule has 0 aliphatic rings. The second-order valence-corrected chi connectivity index (χ2v) is 10.5. The van der Waals surface area contributed by atoms with Crippen LogP contribution in [0.1, 0.15) is 93.2 Å². The molecule has 0 saturated heterocycles. The fourth-order valence-corrected chi connectivity index (χ4v) is 5.52. The van der Waals surface area contributed by atoms with Crippen LogP contribution in [-0.2, 0) is 11.0 Å². The summed E-state index contributed by atoms with van der Waals surface area (Å²) in [5.41, 5.74) is 5.38. The van der Waals surface area contributed by atoms with Crippen molar-refractivity contribution in [1.29, 1.82) is 0 Å². The van der Waals surface area contributed by atoms with E-state index in [2.05, 4.69) is 58.4 Å². The minimum Gasteiger partial charge on any atom is -0.237 e. The molecule has 0 fully saturated rings. The van der Waals surface area contributed by atoms with E-state index in [9.17, 15) is 8.60 Å². The number of rotatable bonds is 8. The van der Waals surface area contributed by atoms with E-state index < -0.39 is 11.0 Å². The van der Waals surface area contributed by atoms with Gasteiger partial charge in [0.05, 0.1) is 10.9 Å². The van der Waals surface area contributed by atoms with Gasteiger partial charge in [-0.25, -0.2) is 13.3 Å². The molecule has 3 aromatic rings. The first kappa shape index (κ1) is 24.3. The van der Waals surface area contributed by atoms with Crippen LogP contribution in [0.15, 0.2) is 71.6 Å². The summed E-state index contributed by atoms with van der Waals surface area (Å²) in [4.78, 5) is 0.877. The molecule has 2 nitrogen and oxygen atoms in total. The number of nitrogens with one attached hydrogen (secondary N) is 1. The molecule has 4 heteroatoms. The van der Waals surface area contributed by atoms with E-state index in [1.54, 1.807) is 12.1 Å². The first-order valence-electron chi connectivity index (χ1n) is 11.3. The fourth-order valence-electron chi connectivity index (χ4n) is 3.90. The maximum atomic E-state index is 13.9. The van der Waals surface area contributed by atoms with Crippen molar-refractivity contribution in [2.24, 2.45) is 0 Å². The molecule has 170 valence electrons. The lowest BCUT2D eigenvalue weighted by Gasteiger charge is -2.25. The van der Waals surface area contributed by atoms with Crippen molar-refractivity contribution < 1.29 is 8.60 Å². The predicted molar refractivity (Wildman–Crippen MR) is 133 cm³/mol. The average molecular weight is 452 g/mol. The minimum absolute atomic E-state index is 0.243. The molecule has 2 atom stereocenters. The van der Waals surface area contributed by atoms with Gasteiger partial charge >= 0.3 is 0 Å². The highest BCUT2D eigenvalue weighted by Crippen LogP contribution is 2.35. The Labute approximate surface area is 194 Å². The summed E-state index contributed by atoms with van der Waals surface area (Å²) >= 11 is 0. The molecule has 0 aliphatic carbocycles. The summed E-state index contributed by atoms with van der Waals surface area (Å²) in [6.45, 7) is 13.0. The van der Waals surface area contributed by atoms with Crippen molar-refractivity contribution in [2.45, 2.75) is 70.2 Å². The van der Waals surface area contributed by atoms with E-state index in [1.165, 1.54) is 17.7 Å². The van der Waals surface area contributed by atoms with Gasteiger partial charge in [-0.15, -0.1) is 0 Å². The van der Waals surface area contributed by atoms with Crippen LogP contribution >= 0.6 is 0 Å². The highest BCUT2D eigenvalue weighted by atomic mass is 32.2. The summed E-state index contributed by atoms with van der Waals surface area (Å²) < 4.78 is 30.9. The van der Waals surface area contributed by atoms with E-state index in [0.717, 1.165) is 27.1 Å². The van der Waals surface area contributed by atoms with Gasteiger partial charge in [0.25, 0.3) is 0 Å². The molecule has 0 radical (unpaired) electrons. The third-order valence-electron chi connectivity index (χ3n) is 5.83. The standard InChI is InChI=1S/C28H34FNOS/c1-18(2)23-16-25(19(3)4)28(26(17-23)20(5)6)32(31)30-27(21-10-8-7-9-11-21)22-12-14-24(29)15-13-22/h7-20,27,30H,1-6H3/t27-,32?/m0/s1. The van der Waals surface area contributed by atoms with Gasteiger partial charge in [0.1, 0.15) is 16.8 Å². The maximum Gasteiger partial charge on any atom is 0.126 e. The molecule has 0 heterocycles. The van der Waals surface area contributed by atoms with Crippen LogP contribution in [0.2, 0.25) is 0 Å². The van der Waals surface area contributed by atoms with Crippen molar-refractivity contribution >= 4 is 11.0 Å². The number of hydrogen-bond donors (Lipinski definition) is 1. The van der Waals surface area contributed by atoms with E-state index in [-0.39, 0.29) is 23.7 Å². The molecule has 3 aromatic carbocycles. The quantitative estimate of drug-likeness (QED) is 0.375. The van der Waals surface area contributed by atoms with Crippen LogP contribution < -0.4 is 4.72 Å². The Balaban J connectivity index is 2.11. The largest absolute Gasteiger partial charge is 0.237 e. The SMILES string of the molecule is CC(C)c1cc(C(C)C)c(S(=O)N[C@@H](c2ccccc2)c2ccc(F)cc2)c(C(C)C)c1. The first-order valence-corrected chi connectivity index (χ1v) is 12.5. The number of benzene rings is 3. The zero-order chi connectivity index (χ0) is 23.4. The molecule has 32 heavy (non-hydrogen) atoms. The van der Waals surface area contributed by atoms with Gasteiger partial charge in [-0.2, -0.15) is 0 Å². The van der Waals surface area contributed by atoms with Crippen LogP contribution in [0, 0.1) is 5.82 Å². The van der Waals surface area contributed by atoms with Crippen LogP contribution in [0.5, 0.6) is 0 Å². The second kappa shape index (κ2) is 10.5. The number of hydrogen-bond acceptors (Lipinski definition) is 1. The van der Waals surface area contributed by atoms with Crippen molar-refractivity contribution in [3.05, 3.63) is 100 Å². The Morgan fingerprint density at radius 1 is 0.688 bits per heavy atom. The van der Waals surface area contributed by atoms with E-state index in [4.69, 9.17) is 0 Å². The summed E-state index contributed by atoms with van der Waals surface area (Å²) in [6, 6.07) is 20.4. The van der Waals surface area contributed by atoms with E-state index >= 15 is 0 Å². The predicted octanol–water partition coefficient (Wildman–Crippen LogP) is 7.60. The van der Waals surface area contributed by atoms with Crippen molar-refractivity contribution in [2.75, 3.05) is 0 Å². The molecule has 0 bridgehead atoms. The first-order chi connectivity index (χ1) is 15.2. The molecule has 0 aromatic heterocycles. The monoisotopic (exact) mass is 451 g/mol. The lowest BCUT2D eigenvalue weighted by molar-refractivity contribution is 0.625. The normalized spacial score (nSPS) is 13.7. The summed E-state index contributed by atoms with van der Waals surface area (Å²) in [6.07, 6.45) is 0. The lowest BCUT2D eigenvalue weighted by atomic mass is 9.89. The van der Waals surface area contributed by atoms with Crippen LogP contribution in [0.3, 0.4) is 0 Å². The van der Waals surface area contributed by atoms with Crippen LogP contribution in [-0.4, -0.2) is 4.21 Å². The van der Waals surface area contributed by atoms with Crippen molar-refractivity contribution in [3.63, 3.8) is 0 Å². The maximum absolute atomic E-state index is 13.9. The molecule has 1 N–H and O–H groups in total. The molecule has 1 unspecified atom stereocenters. The Morgan fingerprint density at radius 2 is 1.19 bits per heavy atom. The van der Waals surface area contributed by atoms with Gasteiger partial charge in [-0.05, 0) is 57.7 Å². The zero-order valence-electron chi connectivity index (χ0n) is 19.9. The Morgan fingerprint density at radius 3 is 1.66 bits per heavy atom. The highest BCUT2D eigenvalue weighted by Gasteiger charge is 2.24. The van der Waals surface area contributed by atoms with Gasteiger partial charge in [0, 0.05) is 0 Å². The summed E-state index contributed by atoms with van der Waals surface area (Å²) in [7, 11) is -1.45. The van der Waals surface area contributed by atoms with E-state index in [0.29, 0.717) is 5.92 Å². The number of halogens is 1. The smallest absolute Gasteiger partial charge is 0.126 e. The lowest BCUT2D eigenvalue weighted by Crippen LogP contribution is -2.27. The summed E-state index contributed by atoms with van der Waals surface area (Å²) in [5, 5.41) is 0. The van der Waals surface area contributed by atoms with Gasteiger partial charge in [0.2, 0.25) is 0 Å². The van der Waals surface area contributed by atoms with Gasteiger partial charge < -0.3 is 0 Å². The molecular formula is C28H34FNOS. The van der Waals surface area contributed by atoms with Crippen LogP contribution in [0.4, 0.5) is 4.39 Å². The Hall–Kier alpha value is -2.30. The summed E-state index contributed by atoms with van der Waals surface area (Å²) in [5.74, 6) is 0.604. The average Bonchev–Trinajstić information content (AvgIpc) is 2.77. The second-order valence-electron chi connectivity index (χ2n) is 9.27. The molecule has 3 rings (SSSR count). The molecule has 0 spiro atoms. The van der Waals surface area contributed by atoms with Crippen molar-refractivity contribution in [1.82, 2.24) is 4.72 Å². The fraction of sp³-hybridized carbons (Fsp3) is 0.357. The highest BCUT2D eigenvalue weighted by molar-refractivity contribution is 7.83. The van der Waals surface area contributed by atoms with E-state index in [1.807, 2.05) is 30.3 Å². The molecule has 0 aliphatic heterocycles. The molecule has 0 amide bonds. The molecule has 0 saturated carbocycles. The van der Waals surface area contributed by atoms with Gasteiger partial charge in [-0.1, -0.05) is 96.1 Å². The molecular weight excluding hydrogens is 417 g/mol. The van der Waals surface area contributed by atoms with Gasteiger partial charge in [-0.3, -0.25) is 0 Å². The Bertz CT molecular complexity index is 1030. The third-order valence-corrected chi connectivity index (χ3v) is 7.12. The van der Waals surface area contributed by atoms with Crippen LogP contribution in [0.25, 0.3) is 0 Å². The Kier molecular flexibility index (Phi) is 8.02. The topological polar surface area (TPSA) is 29.1 Å². The minimum atomic E-state index is -1.45. The third kappa shape index (κ3) is 5.54. The van der Waals surface area contributed by atoms with Crippen molar-refractivity contribution in [3.8, 4) is 0 Å². The van der Waals surface area contributed by atoms with Gasteiger partial charge in [0.15, 0.2) is 0 Å².